The molecule has 0 unspecified atom stereocenters. The molecule has 1 heterocycles. The van der Waals surface area contributed by atoms with E-state index < -0.39 is 0 Å². The zero-order valence-corrected chi connectivity index (χ0v) is 11.8. The van der Waals surface area contributed by atoms with Crippen LogP contribution < -0.4 is 10.6 Å². The van der Waals surface area contributed by atoms with Gasteiger partial charge < -0.3 is 10.6 Å². The molecule has 20 heavy (non-hydrogen) atoms. The highest BCUT2D eigenvalue weighted by Gasteiger charge is 1.99. The van der Waals surface area contributed by atoms with Gasteiger partial charge in [0.15, 0.2) is 5.82 Å². The first kappa shape index (κ1) is 14.3. The highest BCUT2D eigenvalue weighted by atomic mass is 35.5. The molecule has 1 amide bonds. The first-order chi connectivity index (χ1) is 9.63. The maximum atomic E-state index is 10.8. The molecule has 0 spiro atoms. The second kappa shape index (κ2) is 6.86. The van der Waals surface area contributed by atoms with Gasteiger partial charge in [-0.1, -0.05) is 23.7 Å². The molecule has 1 aromatic heterocycles. The van der Waals surface area contributed by atoms with Crippen molar-refractivity contribution >= 4 is 29.1 Å². The molecule has 0 radical (unpaired) electrons. The van der Waals surface area contributed by atoms with E-state index in [1.807, 2.05) is 24.3 Å². The zero-order chi connectivity index (χ0) is 14.4. The van der Waals surface area contributed by atoms with Gasteiger partial charge in [-0.3, -0.25) is 4.79 Å². The molecule has 0 aliphatic carbocycles. The summed E-state index contributed by atoms with van der Waals surface area (Å²) in [7, 11) is 0. The molecule has 0 atom stereocenters. The lowest BCUT2D eigenvalue weighted by Gasteiger charge is -2.06. The molecule has 0 aliphatic heterocycles. The number of hydrogen-bond donors (Lipinski definition) is 2. The van der Waals surface area contributed by atoms with Crippen LogP contribution in [0.15, 0.2) is 36.4 Å². The Bertz CT molecular complexity index is 569. The summed E-state index contributed by atoms with van der Waals surface area (Å²) in [6.07, 6.45) is 0.867. The lowest BCUT2D eigenvalue weighted by Crippen LogP contribution is -2.10. The fourth-order valence-electron chi connectivity index (χ4n) is 1.66. The SMILES string of the molecule is CC(=O)Nc1ccc(NCCc2ccc(Cl)cc2)nn1. The number of rotatable bonds is 5. The van der Waals surface area contributed by atoms with Gasteiger partial charge in [-0.25, -0.2) is 0 Å². The lowest BCUT2D eigenvalue weighted by atomic mass is 10.1. The van der Waals surface area contributed by atoms with Gasteiger partial charge in [0.25, 0.3) is 0 Å². The highest BCUT2D eigenvalue weighted by molar-refractivity contribution is 6.30. The smallest absolute Gasteiger partial charge is 0.222 e. The Morgan fingerprint density at radius 2 is 1.75 bits per heavy atom. The predicted octanol–water partition coefficient (Wildman–Crippen LogP) is 2.74. The fraction of sp³-hybridized carbons (Fsp3) is 0.214. The molecule has 0 saturated carbocycles. The fourth-order valence-corrected chi connectivity index (χ4v) is 1.79. The number of hydrogen-bond acceptors (Lipinski definition) is 4. The Morgan fingerprint density at radius 3 is 2.35 bits per heavy atom. The molecular weight excluding hydrogens is 276 g/mol. The normalized spacial score (nSPS) is 10.1. The first-order valence-electron chi connectivity index (χ1n) is 6.23. The van der Waals surface area contributed by atoms with Gasteiger partial charge in [0, 0.05) is 18.5 Å². The molecule has 5 nitrogen and oxygen atoms in total. The number of anilines is 2. The van der Waals surface area contributed by atoms with E-state index in [1.165, 1.54) is 12.5 Å². The van der Waals surface area contributed by atoms with E-state index >= 15 is 0 Å². The van der Waals surface area contributed by atoms with Crippen LogP contribution in [0.25, 0.3) is 0 Å². The first-order valence-corrected chi connectivity index (χ1v) is 6.61. The van der Waals surface area contributed by atoms with Crippen molar-refractivity contribution in [1.29, 1.82) is 0 Å². The quantitative estimate of drug-likeness (QED) is 0.888. The maximum Gasteiger partial charge on any atom is 0.222 e. The van der Waals surface area contributed by atoms with Gasteiger partial charge in [-0.2, -0.15) is 0 Å². The Hall–Kier alpha value is -2.14. The molecule has 0 fully saturated rings. The predicted molar refractivity (Wildman–Crippen MR) is 80.0 cm³/mol. The van der Waals surface area contributed by atoms with Gasteiger partial charge in [0.05, 0.1) is 0 Å². The van der Waals surface area contributed by atoms with Crippen LogP contribution in [0, 0.1) is 0 Å². The molecule has 0 aliphatic rings. The highest BCUT2D eigenvalue weighted by Crippen LogP contribution is 2.10. The number of carbonyl (C=O) groups excluding carboxylic acids is 1. The average Bonchev–Trinajstić information content (AvgIpc) is 2.42. The minimum atomic E-state index is -0.164. The molecule has 6 heteroatoms. The van der Waals surface area contributed by atoms with E-state index in [0.717, 1.165) is 18.0 Å². The Balaban J connectivity index is 1.82. The van der Waals surface area contributed by atoms with Crippen molar-refractivity contribution < 1.29 is 4.79 Å². The summed E-state index contributed by atoms with van der Waals surface area (Å²) < 4.78 is 0. The van der Waals surface area contributed by atoms with E-state index in [4.69, 9.17) is 11.6 Å². The standard InChI is InChI=1S/C14H15ClN4O/c1-10(20)17-14-7-6-13(18-19-14)16-9-8-11-2-4-12(15)5-3-11/h2-7H,8-9H2,1H3,(H,16,18)(H,17,19,20). The Morgan fingerprint density at radius 1 is 1.10 bits per heavy atom. The number of nitrogens with one attached hydrogen (secondary N) is 2. The second-order valence-corrected chi connectivity index (χ2v) is 4.72. The number of halogens is 1. The van der Waals surface area contributed by atoms with Gasteiger partial charge in [0.2, 0.25) is 5.91 Å². The van der Waals surface area contributed by atoms with Gasteiger partial charge in [-0.05, 0) is 36.2 Å². The largest absolute Gasteiger partial charge is 0.368 e. The molecule has 2 rings (SSSR count). The van der Waals surface area contributed by atoms with Crippen LogP contribution >= 0.6 is 11.6 Å². The van der Waals surface area contributed by atoms with Crippen LogP contribution in [0.4, 0.5) is 11.6 Å². The van der Waals surface area contributed by atoms with E-state index in [2.05, 4.69) is 20.8 Å². The minimum Gasteiger partial charge on any atom is -0.368 e. The van der Waals surface area contributed by atoms with E-state index in [0.29, 0.717) is 11.6 Å². The monoisotopic (exact) mass is 290 g/mol. The van der Waals surface area contributed by atoms with Crippen LogP contribution in [0.1, 0.15) is 12.5 Å². The van der Waals surface area contributed by atoms with Crippen molar-refractivity contribution in [3.05, 3.63) is 47.0 Å². The van der Waals surface area contributed by atoms with Crippen molar-refractivity contribution in [3.63, 3.8) is 0 Å². The number of nitrogens with zero attached hydrogens (tertiary/aromatic N) is 2. The number of amides is 1. The van der Waals surface area contributed by atoms with Crippen LogP contribution in [0.3, 0.4) is 0 Å². The van der Waals surface area contributed by atoms with E-state index in [-0.39, 0.29) is 5.91 Å². The Labute approximate surface area is 122 Å². The zero-order valence-electron chi connectivity index (χ0n) is 11.1. The number of benzene rings is 1. The van der Waals surface area contributed by atoms with Crippen molar-refractivity contribution in [2.75, 3.05) is 17.2 Å². The summed E-state index contributed by atoms with van der Waals surface area (Å²) in [5, 5.41) is 14.3. The van der Waals surface area contributed by atoms with Crippen LogP contribution in [-0.4, -0.2) is 22.6 Å². The number of carbonyl (C=O) groups is 1. The maximum absolute atomic E-state index is 10.8. The van der Waals surface area contributed by atoms with Gasteiger partial charge in [-0.15, -0.1) is 10.2 Å². The van der Waals surface area contributed by atoms with Crippen LogP contribution in [-0.2, 0) is 11.2 Å². The summed E-state index contributed by atoms with van der Waals surface area (Å²) in [4.78, 5) is 10.8. The van der Waals surface area contributed by atoms with Crippen LogP contribution in [0.2, 0.25) is 5.02 Å². The summed E-state index contributed by atoms with van der Waals surface area (Å²) in [5.41, 5.74) is 1.20. The van der Waals surface area contributed by atoms with Gasteiger partial charge >= 0.3 is 0 Å². The summed E-state index contributed by atoms with van der Waals surface area (Å²) in [5.74, 6) is 0.955. The summed E-state index contributed by atoms with van der Waals surface area (Å²) >= 11 is 5.83. The molecular formula is C14H15ClN4O. The number of aromatic nitrogens is 2. The third kappa shape index (κ3) is 4.51. The molecule has 0 bridgehead atoms. The Kier molecular flexibility index (Phi) is 4.90. The second-order valence-electron chi connectivity index (χ2n) is 4.29. The molecule has 1 aromatic carbocycles. The van der Waals surface area contributed by atoms with Crippen molar-refractivity contribution in [2.24, 2.45) is 0 Å². The third-order valence-electron chi connectivity index (χ3n) is 2.60. The average molecular weight is 291 g/mol. The summed E-state index contributed by atoms with van der Waals surface area (Å²) in [6.45, 7) is 2.18. The van der Waals surface area contributed by atoms with Crippen molar-refractivity contribution in [2.45, 2.75) is 13.3 Å². The van der Waals surface area contributed by atoms with Crippen LogP contribution in [0.5, 0.6) is 0 Å². The van der Waals surface area contributed by atoms with E-state index in [1.54, 1.807) is 12.1 Å². The van der Waals surface area contributed by atoms with Crippen molar-refractivity contribution in [3.8, 4) is 0 Å². The molecule has 104 valence electrons. The third-order valence-corrected chi connectivity index (χ3v) is 2.85. The molecule has 2 aromatic rings. The summed E-state index contributed by atoms with van der Waals surface area (Å²) in [6, 6.07) is 11.2. The lowest BCUT2D eigenvalue weighted by molar-refractivity contribution is -0.114. The van der Waals surface area contributed by atoms with Gasteiger partial charge in [0.1, 0.15) is 5.82 Å². The van der Waals surface area contributed by atoms with E-state index in [9.17, 15) is 4.79 Å². The topological polar surface area (TPSA) is 66.9 Å². The van der Waals surface area contributed by atoms with Crippen molar-refractivity contribution in [1.82, 2.24) is 10.2 Å². The molecule has 0 saturated heterocycles. The minimum absolute atomic E-state index is 0.164. The molecule has 2 N–H and O–H groups in total.